The molecule has 3 nitrogen and oxygen atoms in total. The van der Waals surface area contributed by atoms with Gasteiger partial charge in [-0.3, -0.25) is 4.79 Å². The highest BCUT2D eigenvalue weighted by molar-refractivity contribution is 5.85. The third-order valence-corrected chi connectivity index (χ3v) is 1.85. The molecule has 1 atom stereocenters. The highest BCUT2D eigenvalue weighted by Gasteiger charge is 2.24. The molecule has 0 aliphatic rings. The summed E-state index contributed by atoms with van der Waals surface area (Å²) in [5, 5.41) is 3.16. The van der Waals surface area contributed by atoms with E-state index < -0.39 is 5.60 Å². The SMILES string of the molecule is CCN[C@H](CC(C)C)C(=O)OC(C)(C)C.Cl. The standard InChI is InChI=1S/C12H25NO2.ClH/c1-7-13-10(8-9(2)3)11(14)15-12(4,5)6;/h9-10,13H,7-8H2,1-6H3;1H/t10-;/m1./s1. The van der Waals surface area contributed by atoms with Gasteiger partial charge in [0.15, 0.2) is 0 Å². The van der Waals surface area contributed by atoms with E-state index in [1.54, 1.807) is 0 Å². The lowest BCUT2D eigenvalue weighted by molar-refractivity contribution is -0.157. The molecule has 4 heteroatoms. The smallest absolute Gasteiger partial charge is 0.323 e. The molecule has 0 aromatic carbocycles. The van der Waals surface area contributed by atoms with Crippen LogP contribution in [-0.4, -0.2) is 24.2 Å². The van der Waals surface area contributed by atoms with E-state index >= 15 is 0 Å². The second-order valence-electron chi connectivity index (χ2n) is 5.27. The molecule has 0 spiro atoms. The van der Waals surface area contributed by atoms with Gasteiger partial charge in [0.05, 0.1) is 0 Å². The molecule has 0 unspecified atom stereocenters. The fourth-order valence-electron chi connectivity index (χ4n) is 1.35. The maximum absolute atomic E-state index is 11.8. The van der Waals surface area contributed by atoms with Crippen LogP contribution in [0.3, 0.4) is 0 Å². The molecule has 0 saturated carbocycles. The van der Waals surface area contributed by atoms with Crippen molar-refractivity contribution in [3.63, 3.8) is 0 Å². The van der Waals surface area contributed by atoms with Crippen LogP contribution in [0.4, 0.5) is 0 Å². The molecule has 98 valence electrons. The number of hydrogen-bond donors (Lipinski definition) is 1. The van der Waals surface area contributed by atoms with Crippen LogP contribution in [0, 0.1) is 5.92 Å². The first kappa shape index (κ1) is 18.1. The first-order valence-electron chi connectivity index (χ1n) is 5.72. The van der Waals surface area contributed by atoms with Gasteiger partial charge in [-0.25, -0.2) is 0 Å². The minimum Gasteiger partial charge on any atom is -0.459 e. The lowest BCUT2D eigenvalue weighted by atomic mass is 10.0. The molecule has 16 heavy (non-hydrogen) atoms. The van der Waals surface area contributed by atoms with Crippen LogP contribution in [0.5, 0.6) is 0 Å². The predicted octanol–water partition coefficient (Wildman–Crippen LogP) is 2.77. The Labute approximate surface area is 106 Å². The molecule has 0 bridgehead atoms. The maximum Gasteiger partial charge on any atom is 0.323 e. The molecule has 0 aliphatic heterocycles. The fourth-order valence-corrected chi connectivity index (χ4v) is 1.35. The summed E-state index contributed by atoms with van der Waals surface area (Å²) in [6.45, 7) is 12.7. The summed E-state index contributed by atoms with van der Waals surface area (Å²) in [5.74, 6) is 0.347. The van der Waals surface area contributed by atoms with E-state index in [2.05, 4.69) is 19.2 Å². The van der Waals surface area contributed by atoms with Crippen LogP contribution in [0.1, 0.15) is 48.0 Å². The van der Waals surface area contributed by atoms with E-state index in [0.717, 1.165) is 13.0 Å². The molecule has 1 N–H and O–H groups in total. The second-order valence-corrected chi connectivity index (χ2v) is 5.27. The normalized spacial score (nSPS) is 13.2. The van der Waals surface area contributed by atoms with E-state index in [4.69, 9.17) is 4.74 Å². The van der Waals surface area contributed by atoms with Gasteiger partial charge in [-0.05, 0) is 39.7 Å². The van der Waals surface area contributed by atoms with Gasteiger partial charge in [-0.2, -0.15) is 0 Å². The molecular weight excluding hydrogens is 226 g/mol. The van der Waals surface area contributed by atoms with E-state index in [9.17, 15) is 4.79 Å². The van der Waals surface area contributed by atoms with Gasteiger partial charge in [0, 0.05) is 0 Å². The highest BCUT2D eigenvalue weighted by atomic mass is 35.5. The Morgan fingerprint density at radius 3 is 2.12 bits per heavy atom. The zero-order valence-electron chi connectivity index (χ0n) is 11.3. The summed E-state index contributed by atoms with van der Waals surface area (Å²) in [7, 11) is 0. The van der Waals surface area contributed by atoms with Crippen LogP contribution >= 0.6 is 12.4 Å². The van der Waals surface area contributed by atoms with Crippen molar-refractivity contribution in [2.45, 2.75) is 59.6 Å². The molecule has 0 aromatic rings. The number of esters is 1. The number of nitrogens with one attached hydrogen (secondary N) is 1. The van der Waals surface area contributed by atoms with E-state index in [-0.39, 0.29) is 24.4 Å². The number of halogens is 1. The Kier molecular flexibility index (Phi) is 8.94. The van der Waals surface area contributed by atoms with Crippen molar-refractivity contribution in [3.05, 3.63) is 0 Å². The molecule has 0 fully saturated rings. The van der Waals surface area contributed by atoms with Gasteiger partial charge in [0.25, 0.3) is 0 Å². The van der Waals surface area contributed by atoms with Gasteiger partial charge >= 0.3 is 5.97 Å². The van der Waals surface area contributed by atoms with Crippen LogP contribution in [-0.2, 0) is 9.53 Å². The minimum atomic E-state index is -0.401. The summed E-state index contributed by atoms with van der Waals surface area (Å²) >= 11 is 0. The number of likely N-dealkylation sites (N-methyl/N-ethyl adjacent to an activating group) is 1. The van der Waals surface area contributed by atoms with Crippen LogP contribution in [0.15, 0.2) is 0 Å². The van der Waals surface area contributed by atoms with Gasteiger partial charge in [0.2, 0.25) is 0 Å². The third-order valence-electron chi connectivity index (χ3n) is 1.85. The average Bonchev–Trinajstić information content (AvgIpc) is 1.99. The van der Waals surface area contributed by atoms with Crippen molar-refractivity contribution in [1.82, 2.24) is 5.32 Å². The Balaban J connectivity index is 0. The molecule has 0 saturated heterocycles. The number of hydrogen-bond acceptors (Lipinski definition) is 3. The number of carbonyl (C=O) groups is 1. The average molecular weight is 252 g/mol. The molecule has 0 aromatic heterocycles. The topological polar surface area (TPSA) is 38.3 Å². The fraction of sp³-hybridized carbons (Fsp3) is 0.917. The van der Waals surface area contributed by atoms with Crippen molar-refractivity contribution in [2.24, 2.45) is 5.92 Å². The van der Waals surface area contributed by atoms with Crippen LogP contribution < -0.4 is 5.32 Å². The first-order chi connectivity index (χ1) is 6.76. The highest BCUT2D eigenvalue weighted by Crippen LogP contribution is 2.12. The first-order valence-corrected chi connectivity index (χ1v) is 5.72. The van der Waals surface area contributed by atoms with Gasteiger partial charge < -0.3 is 10.1 Å². The lowest BCUT2D eigenvalue weighted by Gasteiger charge is -2.25. The minimum absolute atomic E-state index is 0. The number of rotatable bonds is 5. The molecule has 0 amide bonds. The largest absolute Gasteiger partial charge is 0.459 e. The Morgan fingerprint density at radius 1 is 1.31 bits per heavy atom. The predicted molar refractivity (Wildman–Crippen MR) is 70.0 cm³/mol. The summed E-state index contributed by atoms with van der Waals surface area (Å²) in [6.07, 6.45) is 0.822. The lowest BCUT2D eigenvalue weighted by Crippen LogP contribution is -2.42. The van der Waals surface area contributed by atoms with Crippen molar-refractivity contribution in [2.75, 3.05) is 6.54 Å². The number of ether oxygens (including phenoxy) is 1. The Bertz CT molecular complexity index is 200. The summed E-state index contributed by atoms with van der Waals surface area (Å²) in [5.41, 5.74) is -0.401. The summed E-state index contributed by atoms with van der Waals surface area (Å²) in [6, 6.07) is -0.172. The van der Waals surface area contributed by atoms with Gasteiger partial charge in [0.1, 0.15) is 11.6 Å². The zero-order valence-corrected chi connectivity index (χ0v) is 12.1. The number of carbonyl (C=O) groups excluding carboxylic acids is 1. The molecular formula is C12H26ClNO2. The summed E-state index contributed by atoms with van der Waals surface area (Å²) in [4.78, 5) is 11.8. The Hall–Kier alpha value is -0.280. The van der Waals surface area contributed by atoms with Gasteiger partial charge in [-0.15, -0.1) is 12.4 Å². The molecule has 0 rings (SSSR count). The van der Waals surface area contributed by atoms with Crippen molar-refractivity contribution in [1.29, 1.82) is 0 Å². The van der Waals surface area contributed by atoms with E-state index in [1.807, 2.05) is 27.7 Å². The van der Waals surface area contributed by atoms with Crippen molar-refractivity contribution in [3.8, 4) is 0 Å². The Morgan fingerprint density at radius 2 is 1.81 bits per heavy atom. The van der Waals surface area contributed by atoms with Crippen LogP contribution in [0.25, 0.3) is 0 Å². The quantitative estimate of drug-likeness (QED) is 0.764. The van der Waals surface area contributed by atoms with Crippen LogP contribution in [0.2, 0.25) is 0 Å². The van der Waals surface area contributed by atoms with E-state index in [1.165, 1.54) is 0 Å². The molecule has 0 radical (unpaired) electrons. The van der Waals surface area contributed by atoms with Crippen molar-refractivity contribution >= 4 is 18.4 Å². The van der Waals surface area contributed by atoms with Gasteiger partial charge in [-0.1, -0.05) is 20.8 Å². The molecule has 0 heterocycles. The van der Waals surface area contributed by atoms with E-state index in [0.29, 0.717) is 5.92 Å². The molecule has 0 aliphatic carbocycles. The third kappa shape index (κ3) is 8.98. The monoisotopic (exact) mass is 251 g/mol. The second kappa shape index (κ2) is 7.91. The zero-order chi connectivity index (χ0) is 12.1. The van der Waals surface area contributed by atoms with Crippen molar-refractivity contribution < 1.29 is 9.53 Å². The maximum atomic E-state index is 11.8. The summed E-state index contributed by atoms with van der Waals surface area (Å²) < 4.78 is 5.35.